The highest BCUT2D eigenvalue weighted by atomic mass is 16.4. The second-order valence-electron chi connectivity index (χ2n) is 6.60. The molecule has 0 heterocycles. The number of aliphatic carboxylic acids is 1. The van der Waals surface area contributed by atoms with Crippen molar-refractivity contribution in [2.45, 2.75) is 47.1 Å². The largest absolute Gasteiger partial charge is 0.480 e. The minimum Gasteiger partial charge on any atom is -0.480 e. The topological polar surface area (TPSA) is 86.7 Å². The Morgan fingerprint density at radius 1 is 1.17 bits per heavy atom. The van der Waals surface area contributed by atoms with Crippen LogP contribution in [0.25, 0.3) is 0 Å². The molecule has 0 saturated heterocycles. The molecule has 0 radical (unpaired) electrons. The summed E-state index contributed by atoms with van der Waals surface area (Å²) in [5, 5.41) is 11.8. The summed E-state index contributed by atoms with van der Waals surface area (Å²) in [6.07, 6.45) is 0.430. The van der Waals surface area contributed by atoms with E-state index in [4.69, 9.17) is 5.11 Å². The standard InChI is InChI=1S/C18H26N2O4/c1-11(2)8-16(21)19-15-7-6-14(9-13(15)5)18(24)20(12(3)4)10-17(22)23/h6-7,9,11-12H,8,10H2,1-5H3,(H,19,21)(H,22,23). The molecule has 1 aromatic carbocycles. The van der Waals surface area contributed by atoms with Gasteiger partial charge in [0.05, 0.1) is 0 Å². The van der Waals surface area contributed by atoms with E-state index in [1.807, 2.05) is 13.8 Å². The molecule has 0 saturated carbocycles. The van der Waals surface area contributed by atoms with Gasteiger partial charge < -0.3 is 15.3 Å². The summed E-state index contributed by atoms with van der Waals surface area (Å²) in [5.74, 6) is -1.19. The molecule has 0 aliphatic rings. The zero-order valence-electron chi connectivity index (χ0n) is 14.9. The lowest BCUT2D eigenvalue weighted by atomic mass is 10.1. The van der Waals surface area contributed by atoms with Crippen molar-refractivity contribution >= 4 is 23.5 Å². The van der Waals surface area contributed by atoms with Gasteiger partial charge in [-0.25, -0.2) is 0 Å². The molecular weight excluding hydrogens is 308 g/mol. The van der Waals surface area contributed by atoms with Crippen molar-refractivity contribution in [3.63, 3.8) is 0 Å². The number of rotatable bonds is 7. The third-order valence-electron chi connectivity index (χ3n) is 3.53. The molecule has 0 unspecified atom stereocenters. The van der Waals surface area contributed by atoms with Gasteiger partial charge in [0.1, 0.15) is 6.54 Å². The number of carboxylic acid groups (broad SMARTS) is 1. The number of nitrogens with one attached hydrogen (secondary N) is 1. The fourth-order valence-electron chi connectivity index (χ4n) is 2.31. The van der Waals surface area contributed by atoms with Gasteiger partial charge in [0.15, 0.2) is 0 Å². The Bertz CT molecular complexity index is 623. The van der Waals surface area contributed by atoms with Crippen molar-refractivity contribution in [2.24, 2.45) is 5.92 Å². The summed E-state index contributed by atoms with van der Waals surface area (Å²) < 4.78 is 0. The highest BCUT2D eigenvalue weighted by molar-refractivity contribution is 5.97. The number of amides is 2. The SMILES string of the molecule is Cc1cc(C(=O)N(CC(=O)O)C(C)C)ccc1NC(=O)CC(C)C. The molecule has 0 aromatic heterocycles. The Morgan fingerprint density at radius 2 is 1.79 bits per heavy atom. The van der Waals surface area contributed by atoms with Crippen LogP contribution in [0, 0.1) is 12.8 Å². The lowest BCUT2D eigenvalue weighted by molar-refractivity contribution is -0.138. The van der Waals surface area contributed by atoms with E-state index >= 15 is 0 Å². The summed E-state index contributed by atoms with van der Waals surface area (Å²) in [6.45, 7) is 8.94. The fraction of sp³-hybridized carbons (Fsp3) is 0.500. The van der Waals surface area contributed by atoms with Gasteiger partial charge in [-0.05, 0) is 50.5 Å². The number of carboxylic acids is 1. The van der Waals surface area contributed by atoms with Crippen LogP contribution in [0.2, 0.25) is 0 Å². The number of benzene rings is 1. The molecule has 6 nitrogen and oxygen atoms in total. The van der Waals surface area contributed by atoms with Gasteiger partial charge in [-0.1, -0.05) is 13.8 Å². The first-order chi connectivity index (χ1) is 11.1. The Hall–Kier alpha value is -2.37. The van der Waals surface area contributed by atoms with Gasteiger partial charge in [-0.2, -0.15) is 0 Å². The monoisotopic (exact) mass is 334 g/mol. The zero-order valence-corrected chi connectivity index (χ0v) is 14.9. The summed E-state index contributed by atoms with van der Waals surface area (Å²) in [5.41, 5.74) is 1.83. The van der Waals surface area contributed by atoms with Gasteiger partial charge >= 0.3 is 5.97 Å². The van der Waals surface area contributed by atoms with Gasteiger partial charge in [-0.3, -0.25) is 14.4 Å². The lowest BCUT2D eigenvalue weighted by Gasteiger charge is -2.25. The predicted octanol–water partition coefficient (Wildman–Crippen LogP) is 2.91. The Balaban J connectivity index is 2.95. The fourth-order valence-corrected chi connectivity index (χ4v) is 2.31. The minimum absolute atomic E-state index is 0.0677. The first kappa shape index (κ1) is 19.7. The van der Waals surface area contributed by atoms with Crippen molar-refractivity contribution in [3.8, 4) is 0 Å². The third kappa shape index (κ3) is 5.68. The molecular formula is C18H26N2O4. The van der Waals surface area contributed by atoms with Gasteiger partial charge in [0, 0.05) is 23.7 Å². The molecule has 0 aliphatic heterocycles. The zero-order chi connectivity index (χ0) is 18.4. The average molecular weight is 334 g/mol. The highest BCUT2D eigenvalue weighted by Gasteiger charge is 2.21. The molecule has 0 bridgehead atoms. The number of carbonyl (C=O) groups excluding carboxylic acids is 2. The number of nitrogens with zero attached hydrogens (tertiary/aromatic N) is 1. The first-order valence-electron chi connectivity index (χ1n) is 8.05. The predicted molar refractivity (Wildman–Crippen MR) is 93.1 cm³/mol. The first-order valence-corrected chi connectivity index (χ1v) is 8.05. The van der Waals surface area contributed by atoms with Crippen molar-refractivity contribution in [1.82, 2.24) is 4.90 Å². The van der Waals surface area contributed by atoms with Gasteiger partial charge in [0.25, 0.3) is 5.91 Å². The van der Waals surface area contributed by atoms with E-state index in [1.54, 1.807) is 39.0 Å². The highest BCUT2D eigenvalue weighted by Crippen LogP contribution is 2.19. The summed E-state index contributed by atoms with van der Waals surface area (Å²) in [7, 11) is 0. The maximum Gasteiger partial charge on any atom is 0.323 e. The second-order valence-corrected chi connectivity index (χ2v) is 6.60. The molecule has 2 N–H and O–H groups in total. The number of hydrogen-bond donors (Lipinski definition) is 2. The van der Waals surface area contributed by atoms with E-state index < -0.39 is 5.97 Å². The summed E-state index contributed by atoms with van der Waals surface area (Å²) >= 11 is 0. The van der Waals surface area contributed by atoms with Crippen LogP contribution in [0.15, 0.2) is 18.2 Å². The van der Waals surface area contributed by atoms with Crippen LogP contribution >= 0.6 is 0 Å². The van der Waals surface area contributed by atoms with Crippen molar-refractivity contribution in [2.75, 3.05) is 11.9 Å². The van der Waals surface area contributed by atoms with Crippen LogP contribution in [0.5, 0.6) is 0 Å². The van der Waals surface area contributed by atoms with E-state index in [1.165, 1.54) is 4.90 Å². The normalized spacial score (nSPS) is 10.8. The summed E-state index contributed by atoms with van der Waals surface area (Å²) in [6, 6.07) is 4.74. The third-order valence-corrected chi connectivity index (χ3v) is 3.53. The number of hydrogen-bond acceptors (Lipinski definition) is 3. The van der Waals surface area contributed by atoms with Gasteiger partial charge in [0.2, 0.25) is 5.91 Å². The summed E-state index contributed by atoms with van der Waals surface area (Å²) in [4.78, 5) is 36.6. The van der Waals surface area contributed by atoms with Gasteiger partial charge in [-0.15, -0.1) is 0 Å². The second kappa shape index (κ2) is 8.47. The van der Waals surface area contributed by atoms with Crippen molar-refractivity contribution < 1.29 is 19.5 Å². The number of carbonyl (C=O) groups is 3. The molecule has 0 atom stereocenters. The van der Waals surface area contributed by atoms with Crippen LogP contribution < -0.4 is 5.32 Å². The molecule has 24 heavy (non-hydrogen) atoms. The molecule has 2 amide bonds. The number of anilines is 1. The Labute approximate surface area is 142 Å². The van der Waals surface area contributed by atoms with Crippen molar-refractivity contribution in [1.29, 1.82) is 0 Å². The van der Waals surface area contributed by atoms with Crippen LogP contribution in [0.1, 0.15) is 50.0 Å². The van der Waals surface area contributed by atoms with Crippen LogP contribution in [0.3, 0.4) is 0 Å². The molecule has 0 aliphatic carbocycles. The Morgan fingerprint density at radius 3 is 2.25 bits per heavy atom. The molecule has 1 rings (SSSR count). The van der Waals surface area contributed by atoms with Crippen LogP contribution in [-0.2, 0) is 9.59 Å². The molecule has 0 spiro atoms. The molecule has 1 aromatic rings. The van der Waals surface area contributed by atoms with Crippen molar-refractivity contribution in [3.05, 3.63) is 29.3 Å². The smallest absolute Gasteiger partial charge is 0.323 e. The van der Waals surface area contributed by atoms with Crippen LogP contribution in [-0.4, -0.2) is 40.4 Å². The van der Waals surface area contributed by atoms with E-state index in [2.05, 4.69) is 5.32 Å². The van der Waals surface area contributed by atoms with E-state index in [0.717, 1.165) is 5.56 Å². The molecule has 6 heteroatoms. The van der Waals surface area contributed by atoms with E-state index in [9.17, 15) is 14.4 Å². The quantitative estimate of drug-likeness (QED) is 0.802. The lowest BCUT2D eigenvalue weighted by Crippen LogP contribution is -2.40. The maximum absolute atomic E-state index is 12.5. The Kier molecular flexibility index (Phi) is 6.95. The van der Waals surface area contributed by atoms with E-state index in [-0.39, 0.29) is 30.3 Å². The molecule has 0 fully saturated rings. The molecule has 132 valence electrons. The number of aryl methyl sites for hydroxylation is 1. The van der Waals surface area contributed by atoms with Crippen LogP contribution in [0.4, 0.5) is 5.69 Å². The average Bonchev–Trinajstić information content (AvgIpc) is 2.44. The maximum atomic E-state index is 12.5. The van der Waals surface area contributed by atoms with E-state index in [0.29, 0.717) is 17.7 Å². The minimum atomic E-state index is -1.05.